The van der Waals surface area contributed by atoms with E-state index in [1.165, 1.54) is 40.2 Å². The van der Waals surface area contributed by atoms with Crippen molar-refractivity contribution in [3.63, 3.8) is 0 Å². The summed E-state index contributed by atoms with van der Waals surface area (Å²) >= 11 is 0. The van der Waals surface area contributed by atoms with E-state index in [1.807, 2.05) is 0 Å². The Balaban J connectivity index is 1.47. The number of halogens is 2. The molecule has 1 saturated heterocycles. The molecule has 1 unspecified atom stereocenters. The van der Waals surface area contributed by atoms with Crippen molar-refractivity contribution in [2.24, 2.45) is 5.92 Å². The van der Waals surface area contributed by atoms with Gasteiger partial charge in [-0.15, -0.1) is 0 Å². The number of nitrogens with one attached hydrogen (secondary N) is 1. The lowest BCUT2D eigenvalue weighted by molar-refractivity contribution is -0.387. The second-order valence-corrected chi connectivity index (χ2v) is 6.92. The molecule has 1 aromatic heterocycles. The molecule has 1 atom stereocenters. The molecule has 0 spiro atoms. The largest absolute Gasteiger partial charge is 0.326 e. The van der Waals surface area contributed by atoms with Crippen LogP contribution in [0.2, 0.25) is 0 Å². The van der Waals surface area contributed by atoms with E-state index in [-0.39, 0.29) is 30.0 Å². The zero-order valence-electron chi connectivity index (χ0n) is 15.9. The van der Waals surface area contributed by atoms with Crippen molar-refractivity contribution in [2.75, 3.05) is 16.8 Å². The molecule has 1 N–H and O–H groups in total. The van der Waals surface area contributed by atoms with Crippen LogP contribution in [-0.2, 0) is 9.59 Å². The first-order valence-electron chi connectivity index (χ1n) is 9.16. The fourth-order valence-corrected chi connectivity index (χ4v) is 3.38. The summed E-state index contributed by atoms with van der Waals surface area (Å²) in [6.07, 6.45) is 4.39. The number of imidazole rings is 1. The Bertz CT molecular complexity index is 1180. The van der Waals surface area contributed by atoms with Gasteiger partial charge in [-0.05, 0) is 30.3 Å². The maximum atomic E-state index is 14.4. The number of nitrogens with zero attached hydrogens (tertiary/aromatic N) is 4. The standard InChI is InChI=1S/C20H15F2N5O4/c21-15-3-2-14(9-18(15)27(30)31)26-10-12(7-19(26)28)20(29)24-13-1-4-17(16(22)8-13)25-6-5-23-11-25/h1-6,8-9,11-12H,7,10H2,(H,24,29). The van der Waals surface area contributed by atoms with Crippen LogP contribution in [-0.4, -0.2) is 32.8 Å². The highest BCUT2D eigenvalue weighted by Gasteiger charge is 2.36. The third kappa shape index (κ3) is 3.97. The van der Waals surface area contributed by atoms with Gasteiger partial charge in [-0.2, -0.15) is 4.39 Å². The van der Waals surface area contributed by atoms with Gasteiger partial charge < -0.3 is 14.8 Å². The van der Waals surface area contributed by atoms with E-state index in [1.54, 1.807) is 6.20 Å². The van der Waals surface area contributed by atoms with Crippen LogP contribution < -0.4 is 10.2 Å². The van der Waals surface area contributed by atoms with Gasteiger partial charge in [-0.1, -0.05) is 0 Å². The van der Waals surface area contributed by atoms with Gasteiger partial charge in [0.05, 0.1) is 28.5 Å². The van der Waals surface area contributed by atoms with Gasteiger partial charge in [0.2, 0.25) is 17.6 Å². The number of hydrogen-bond acceptors (Lipinski definition) is 5. The van der Waals surface area contributed by atoms with Crippen LogP contribution in [0.3, 0.4) is 0 Å². The first-order valence-corrected chi connectivity index (χ1v) is 9.16. The molecule has 4 rings (SSSR count). The number of carbonyl (C=O) groups is 2. The van der Waals surface area contributed by atoms with Crippen molar-refractivity contribution in [3.05, 3.63) is 76.9 Å². The number of anilines is 2. The molecule has 31 heavy (non-hydrogen) atoms. The summed E-state index contributed by atoms with van der Waals surface area (Å²) in [6.45, 7) is -0.0386. The molecule has 1 aliphatic rings. The third-order valence-corrected chi connectivity index (χ3v) is 4.93. The molecule has 9 nitrogen and oxygen atoms in total. The molecule has 0 bridgehead atoms. The average molecular weight is 427 g/mol. The fourth-order valence-electron chi connectivity index (χ4n) is 3.38. The summed E-state index contributed by atoms with van der Waals surface area (Å²) in [7, 11) is 0. The highest BCUT2D eigenvalue weighted by molar-refractivity contribution is 6.03. The van der Waals surface area contributed by atoms with Gasteiger partial charge in [0.1, 0.15) is 5.82 Å². The Morgan fingerprint density at radius 3 is 2.68 bits per heavy atom. The highest BCUT2D eigenvalue weighted by atomic mass is 19.1. The summed E-state index contributed by atoms with van der Waals surface area (Å²) in [5, 5.41) is 13.5. The van der Waals surface area contributed by atoms with Crippen LogP contribution in [0.15, 0.2) is 55.1 Å². The maximum Gasteiger partial charge on any atom is 0.306 e. The fraction of sp³-hybridized carbons (Fsp3) is 0.150. The van der Waals surface area contributed by atoms with E-state index in [0.717, 1.165) is 18.2 Å². The van der Waals surface area contributed by atoms with Crippen molar-refractivity contribution in [3.8, 4) is 5.69 Å². The maximum absolute atomic E-state index is 14.4. The molecular weight excluding hydrogens is 412 g/mol. The minimum Gasteiger partial charge on any atom is -0.326 e. The molecule has 0 aliphatic carbocycles. The van der Waals surface area contributed by atoms with Crippen LogP contribution in [0.5, 0.6) is 0 Å². The van der Waals surface area contributed by atoms with Gasteiger partial charge in [-0.25, -0.2) is 9.37 Å². The van der Waals surface area contributed by atoms with Gasteiger partial charge in [-0.3, -0.25) is 19.7 Å². The summed E-state index contributed by atoms with van der Waals surface area (Å²) in [5.74, 6) is -3.27. The molecule has 1 fully saturated rings. The minimum absolute atomic E-state index is 0.0386. The van der Waals surface area contributed by atoms with E-state index in [9.17, 15) is 28.5 Å². The monoisotopic (exact) mass is 427 g/mol. The molecule has 2 amide bonds. The molecule has 3 aromatic rings. The number of amides is 2. The van der Waals surface area contributed by atoms with Crippen LogP contribution >= 0.6 is 0 Å². The van der Waals surface area contributed by atoms with E-state index in [0.29, 0.717) is 0 Å². The highest BCUT2D eigenvalue weighted by Crippen LogP contribution is 2.30. The molecule has 0 saturated carbocycles. The second kappa shape index (κ2) is 7.94. The van der Waals surface area contributed by atoms with Crippen LogP contribution in [0.4, 0.5) is 25.8 Å². The lowest BCUT2D eigenvalue weighted by Crippen LogP contribution is -2.28. The van der Waals surface area contributed by atoms with Crippen LogP contribution in [0.25, 0.3) is 5.69 Å². The van der Waals surface area contributed by atoms with E-state index in [2.05, 4.69) is 10.3 Å². The summed E-state index contributed by atoms with van der Waals surface area (Å²) in [4.78, 5) is 40.0. The van der Waals surface area contributed by atoms with Crippen molar-refractivity contribution in [2.45, 2.75) is 6.42 Å². The second-order valence-electron chi connectivity index (χ2n) is 6.92. The average Bonchev–Trinajstić information content (AvgIpc) is 3.38. The summed E-state index contributed by atoms with van der Waals surface area (Å²) in [6, 6.07) is 7.26. The zero-order chi connectivity index (χ0) is 22.1. The molecule has 2 heterocycles. The molecule has 158 valence electrons. The SMILES string of the molecule is O=C(Nc1ccc(-n2ccnc2)c(F)c1)C1CC(=O)N(c2ccc(F)c([N+](=O)[O-])c2)C1. The zero-order valence-corrected chi connectivity index (χ0v) is 15.9. The predicted molar refractivity (Wildman–Crippen MR) is 106 cm³/mol. The summed E-state index contributed by atoms with van der Waals surface area (Å²) in [5.41, 5.74) is -0.152. The van der Waals surface area contributed by atoms with Crippen LogP contribution in [0.1, 0.15) is 6.42 Å². The lowest BCUT2D eigenvalue weighted by atomic mass is 10.1. The summed E-state index contributed by atoms with van der Waals surface area (Å²) < 4.78 is 29.4. The van der Waals surface area contributed by atoms with Crippen molar-refractivity contribution < 1.29 is 23.3 Å². The normalized spacial score (nSPS) is 15.9. The number of hydrogen-bond donors (Lipinski definition) is 1. The van der Waals surface area contributed by atoms with Crippen molar-refractivity contribution in [1.29, 1.82) is 0 Å². The number of nitro benzene ring substituents is 1. The molecule has 11 heteroatoms. The van der Waals surface area contributed by atoms with Gasteiger partial charge in [0, 0.05) is 37.1 Å². The predicted octanol–water partition coefficient (Wildman–Crippen LogP) is 3.05. The van der Waals surface area contributed by atoms with Crippen molar-refractivity contribution >= 4 is 28.9 Å². The Labute approximate surface area is 174 Å². The van der Waals surface area contributed by atoms with E-state index >= 15 is 0 Å². The van der Waals surface area contributed by atoms with Crippen molar-refractivity contribution in [1.82, 2.24) is 9.55 Å². The van der Waals surface area contributed by atoms with Gasteiger partial charge in [0.15, 0.2) is 0 Å². The minimum atomic E-state index is -1.02. The first-order chi connectivity index (χ1) is 14.8. The topological polar surface area (TPSA) is 110 Å². The van der Waals surface area contributed by atoms with Gasteiger partial charge in [0.25, 0.3) is 0 Å². The third-order valence-electron chi connectivity index (χ3n) is 4.93. The number of rotatable bonds is 5. The van der Waals surface area contributed by atoms with E-state index < -0.39 is 40.0 Å². The molecular formula is C20H15F2N5O4. The van der Waals surface area contributed by atoms with E-state index in [4.69, 9.17) is 0 Å². The Hall–Kier alpha value is -4.15. The number of aromatic nitrogens is 2. The molecule has 1 aliphatic heterocycles. The molecule has 0 radical (unpaired) electrons. The lowest BCUT2D eigenvalue weighted by Gasteiger charge is -2.17. The number of nitro groups is 1. The van der Waals surface area contributed by atoms with Crippen LogP contribution in [0, 0.1) is 27.7 Å². The number of carbonyl (C=O) groups excluding carboxylic acids is 2. The first kappa shape index (κ1) is 20.1. The van der Waals surface area contributed by atoms with Gasteiger partial charge >= 0.3 is 5.69 Å². The quantitative estimate of drug-likeness (QED) is 0.497. The Kier molecular flexibility index (Phi) is 5.15. The Morgan fingerprint density at radius 1 is 1.19 bits per heavy atom. The smallest absolute Gasteiger partial charge is 0.306 e. The Morgan fingerprint density at radius 2 is 2.00 bits per heavy atom. The molecule has 2 aromatic carbocycles. The number of benzene rings is 2.